The van der Waals surface area contributed by atoms with E-state index in [1.165, 1.54) is 10.6 Å². The number of piperidine rings is 1. The van der Waals surface area contributed by atoms with Gasteiger partial charge in [-0.25, -0.2) is 12.7 Å². The van der Waals surface area contributed by atoms with Crippen molar-refractivity contribution in [1.29, 1.82) is 0 Å². The van der Waals surface area contributed by atoms with Crippen molar-refractivity contribution in [2.45, 2.75) is 25.2 Å². The van der Waals surface area contributed by atoms with E-state index in [0.717, 1.165) is 23.5 Å². The summed E-state index contributed by atoms with van der Waals surface area (Å²) < 4.78 is 35.6. The molecule has 2 atom stereocenters. The molecule has 2 saturated heterocycles. The van der Waals surface area contributed by atoms with Crippen molar-refractivity contribution in [2.75, 3.05) is 52.3 Å². The molecule has 1 aliphatic carbocycles. The van der Waals surface area contributed by atoms with Crippen LogP contribution in [-0.4, -0.2) is 86.7 Å². The summed E-state index contributed by atoms with van der Waals surface area (Å²) in [6, 6.07) is 5.89. The summed E-state index contributed by atoms with van der Waals surface area (Å²) in [7, 11) is -3.20. The van der Waals surface area contributed by atoms with Crippen LogP contribution in [0.5, 0.6) is 11.5 Å². The average Bonchev–Trinajstić information content (AvgIpc) is 3.46. The van der Waals surface area contributed by atoms with E-state index in [1.54, 1.807) is 0 Å². The van der Waals surface area contributed by atoms with Crippen molar-refractivity contribution in [1.82, 2.24) is 14.1 Å². The summed E-state index contributed by atoms with van der Waals surface area (Å²) in [6.45, 7) is 3.23. The lowest BCUT2D eigenvalue weighted by atomic mass is 9.96. The molecule has 0 unspecified atom stereocenters. The number of carbonyl (C=O) groups is 2. The van der Waals surface area contributed by atoms with Crippen LogP contribution in [0.3, 0.4) is 0 Å². The first-order valence-electron chi connectivity index (χ1n) is 11.2. The van der Waals surface area contributed by atoms with Crippen LogP contribution < -0.4 is 9.47 Å². The van der Waals surface area contributed by atoms with E-state index < -0.39 is 10.0 Å². The normalized spacial score (nSPS) is 26.3. The SMILES string of the molecule is CS(=O)(=O)N1CCC(C(=O)N2CCN(C(=O)[C@@H]3C[C@@H]3c3ccc4c(c3)OCO4)CC2)CC1. The Morgan fingerprint density at radius 1 is 0.906 bits per heavy atom. The van der Waals surface area contributed by atoms with Gasteiger partial charge < -0.3 is 19.3 Å². The average molecular weight is 464 g/mol. The predicted molar refractivity (Wildman–Crippen MR) is 116 cm³/mol. The Bertz CT molecular complexity index is 1010. The minimum atomic E-state index is -3.20. The molecule has 174 valence electrons. The number of rotatable bonds is 4. The van der Waals surface area contributed by atoms with E-state index in [2.05, 4.69) is 0 Å². The van der Waals surface area contributed by atoms with Gasteiger partial charge in [0.05, 0.1) is 6.26 Å². The van der Waals surface area contributed by atoms with Gasteiger partial charge in [-0.3, -0.25) is 9.59 Å². The molecular weight excluding hydrogens is 434 g/mol. The zero-order valence-corrected chi connectivity index (χ0v) is 19.1. The second-order valence-corrected chi connectivity index (χ2v) is 11.1. The van der Waals surface area contributed by atoms with Gasteiger partial charge in [0.15, 0.2) is 11.5 Å². The lowest BCUT2D eigenvalue weighted by Gasteiger charge is -2.38. The molecule has 1 saturated carbocycles. The topological polar surface area (TPSA) is 96.5 Å². The molecule has 32 heavy (non-hydrogen) atoms. The molecule has 3 aliphatic heterocycles. The van der Waals surface area contributed by atoms with Crippen LogP contribution in [0.2, 0.25) is 0 Å². The molecule has 3 heterocycles. The fourth-order valence-electron chi connectivity index (χ4n) is 5.05. The molecule has 1 aromatic rings. The van der Waals surface area contributed by atoms with Gasteiger partial charge in [0.1, 0.15) is 0 Å². The highest BCUT2D eigenvalue weighted by molar-refractivity contribution is 7.88. The minimum Gasteiger partial charge on any atom is -0.454 e. The fraction of sp³-hybridized carbons (Fsp3) is 0.636. The molecule has 0 radical (unpaired) electrons. The fourth-order valence-corrected chi connectivity index (χ4v) is 5.93. The maximum Gasteiger partial charge on any atom is 0.231 e. The van der Waals surface area contributed by atoms with Gasteiger partial charge in [-0.2, -0.15) is 0 Å². The monoisotopic (exact) mass is 463 g/mol. The second kappa shape index (κ2) is 8.22. The van der Waals surface area contributed by atoms with Crippen molar-refractivity contribution < 1.29 is 27.5 Å². The van der Waals surface area contributed by atoms with Gasteiger partial charge >= 0.3 is 0 Å². The van der Waals surface area contributed by atoms with E-state index in [4.69, 9.17) is 9.47 Å². The van der Waals surface area contributed by atoms with Crippen LogP contribution in [-0.2, 0) is 19.6 Å². The molecule has 9 nitrogen and oxygen atoms in total. The Morgan fingerprint density at radius 3 is 2.19 bits per heavy atom. The van der Waals surface area contributed by atoms with Crippen LogP contribution in [0.4, 0.5) is 0 Å². The standard InChI is InChI=1S/C22H29N3O6S/c1-32(28,29)25-6-4-15(5-7-25)21(26)23-8-10-24(11-9-23)22(27)18-13-17(18)16-2-3-19-20(12-16)31-14-30-19/h2-3,12,15,17-18H,4-11,13-14H2,1H3/t17-,18-/m1/s1. The Hall–Kier alpha value is -2.33. The Kier molecular flexibility index (Phi) is 5.53. The molecule has 0 N–H and O–H groups in total. The van der Waals surface area contributed by atoms with Gasteiger partial charge in [0.2, 0.25) is 28.6 Å². The molecule has 3 fully saturated rings. The van der Waals surface area contributed by atoms with E-state index in [0.29, 0.717) is 52.1 Å². The highest BCUT2D eigenvalue weighted by Gasteiger charge is 2.46. The highest BCUT2D eigenvalue weighted by atomic mass is 32.2. The molecule has 4 aliphatic rings. The maximum atomic E-state index is 13.0. The number of nitrogens with zero attached hydrogens (tertiary/aromatic N) is 3. The van der Waals surface area contributed by atoms with Crippen molar-refractivity contribution >= 4 is 21.8 Å². The van der Waals surface area contributed by atoms with Crippen molar-refractivity contribution in [2.24, 2.45) is 11.8 Å². The number of sulfonamides is 1. The van der Waals surface area contributed by atoms with Crippen molar-refractivity contribution in [3.05, 3.63) is 23.8 Å². The lowest BCUT2D eigenvalue weighted by molar-refractivity contribution is -0.143. The van der Waals surface area contributed by atoms with Gasteiger partial charge in [-0.15, -0.1) is 0 Å². The first-order valence-corrected chi connectivity index (χ1v) is 13.1. The minimum absolute atomic E-state index is 0.00190. The molecule has 5 rings (SSSR count). The summed E-state index contributed by atoms with van der Waals surface area (Å²) in [4.78, 5) is 29.6. The van der Waals surface area contributed by atoms with Gasteiger partial charge in [0, 0.05) is 51.1 Å². The third-order valence-corrected chi connectivity index (χ3v) is 8.41. The van der Waals surface area contributed by atoms with E-state index in [-0.39, 0.29) is 36.4 Å². The van der Waals surface area contributed by atoms with Crippen LogP contribution >= 0.6 is 0 Å². The summed E-state index contributed by atoms with van der Waals surface area (Å²) >= 11 is 0. The first-order chi connectivity index (χ1) is 15.3. The Balaban J connectivity index is 1.10. The number of ether oxygens (including phenoxy) is 2. The molecule has 0 bridgehead atoms. The summed E-state index contributed by atoms with van der Waals surface area (Å²) in [6.07, 6.45) is 3.17. The van der Waals surface area contributed by atoms with Crippen LogP contribution in [0.25, 0.3) is 0 Å². The summed E-state index contributed by atoms with van der Waals surface area (Å²) in [5.74, 6) is 1.84. The molecule has 2 amide bonds. The van der Waals surface area contributed by atoms with E-state index in [1.807, 2.05) is 28.0 Å². The third-order valence-electron chi connectivity index (χ3n) is 7.11. The molecule has 1 aromatic carbocycles. The summed E-state index contributed by atoms with van der Waals surface area (Å²) in [5, 5.41) is 0. The second-order valence-electron chi connectivity index (χ2n) is 9.15. The van der Waals surface area contributed by atoms with Crippen LogP contribution in [0, 0.1) is 11.8 Å². The number of carbonyl (C=O) groups excluding carboxylic acids is 2. The molecule has 0 aromatic heterocycles. The van der Waals surface area contributed by atoms with E-state index in [9.17, 15) is 18.0 Å². The smallest absolute Gasteiger partial charge is 0.231 e. The van der Waals surface area contributed by atoms with Gasteiger partial charge in [-0.05, 0) is 42.9 Å². The largest absolute Gasteiger partial charge is 0.454 e. The number of amides is 2. The molecule has 10 heteroatoms. The number of hydrogen-bond acceptors (Lipinski definition) is 6. The lowest BCUT2D eigenvalue weighted by Crippen LogP contribution is -2.53. The zero-order chi connectivity index (χ0) is 22.5. The molecular formula is C22H29N3O6S. The zero-order valence-electron chi connectivity index (χ0n) is 18.2. The predicted octanol–water partition coefficient (Wildman–Crippen LogP) is 0.861. The quantitative estimate of drug-likeness (QED) is 0.657. The number of hydrogen-bond donors (Lipinski definition) is 0. The van der Waals surface area contributed by atoms with Gasteiger partial charge in [0.25, 0.3) is 0 Å². The Labute approximate surface area is 188 Å². The maximum absolute atomic E-state index is 13.0. The van der Waals surface area contributed by atoms with E-state index >= 15 is 0 Å². The first kappa shape index (κ1) is 21.5. The van der Waals surface area contributed by atoms with Crippen molar-refractivity contribution in [3.63, 3.8) is 0 Å². The Morgan fingerprint density at radius 2 is 1.53 bits per heavy atom. The third kappa shape index (κ3) is 4.17. The van der Waals surface area contributed by atoms with Crippen molar-refractivity contribution in [3.8, 4) is 11.5 Å². The van der Waals surface area contributed by atoms with Crippen LogP contribution in [0.15, 0.2) is 18.2 Å². The van der Waals surface area contributed by atoms with Gasteiger partial charge in [-0.1, -0.05) is 6.07 Å². The summed E-state index contributed by atoms with van der Waals surface area (Å²) in [5.41, 5.74) is 1.11. The number of fused-ring (bicyclic) bond motifs is 1. The molecule has 0 spiro atoms. The number of benzene rings is 1. The number of piperazine rings is 1. The highest BCUT2D eigenvalue weighted by Crippen LogP contribution is 2.50. The van der Waals surface area contributed by atoms with Crippen LogP contribution in [0.1, 0.15) is 30.7 Å².